The molecule has 0 N–H and O–H groups in total. The molecule has 3 heterocycles. The molecule has 2 aliphatic rings. The molecule has 140 valence electrons. The molecule has 2 saturated heterocycles. The molecule has 7 nitrogen and oxygen atoms in total. The lowest BCUT2D eigenvalue weighted by Crippen LogP contribution is -2.44. The van der Waals surface area contributed by atoms with E-state index in [-0.39, 0.29) is 0 Å². The van der Waals surface area contributed by atoms with Crippen LogP contribution in [0, 0.1) is 0 Å². The molecule has 0 bridgehead atoms. The van der Waals surface area contributed by atoms with Crippen LogP contribution in [0.5, 0.6) is 0 Å². The highest BCUT2D eigenvalue weighted by Gasteiger charge is 2.32. The van der Waals surface area contributed by atoms with Gasteiger partial charge in [-0.15, -0.1) is 0 Å². The number of hydrogen-bond donors (Lipinski definition) is 0. The molecule has 0 atom stereocenters. The predicted octanol–water partition coefficient (Wildman–Crippen LogP) is 1.45. The van der Waals surface area contributed by atoms with E-state index in [1.807, 2.05) is 12.3 Å². The van der Waals surface area contributed by atoms with Gasteiger partial charge in [-0.3, -0.25) is 4.90 Å². The molecule has 0 aromatic carbocycles. The summed E-state index contributed by atoms with van der Waals surface area (Å²) >= 11 is 0. The van der Waals surface area contributed by atoms with Gasteiger partial charge in [-0.2, -0.15) is 17.0 Å². The molecule has 3 rings (SSSR count). The molecule has 1 aromatic rings. The van der Waals surface area contributed by atoms with Crippen LogP contribution in [0.1, 0.15) is 50.5 Å². The highest BCUT2D eigenvalue weighted by Crippen LogP contribution is 2.19. The molecule has 0 unspecified atom stereocenters. The summed E-state index contributed by atoms with van der Waals surface area (Å²) in [6, 6.07) is 1.95. The summed E-state index contributed by atoms with van der Waals surface area (Å²) in [5.74, 6) is 1.18. The number of aromatic nitrogens is 2. The standard InChI is InChI=1S/C17H29N5O2S/c1-15(2)17-18-7-6-16(19-17)14-20-8-5-11-22(13-12-20)25(23,24)21-9-3-4-10-21/h6-7,15H,3-5,8-14H2,1-2H3. The van der Waals surface area contributed by atoms with Crippen LogP contribution in [0.25, 0.3) is 0 Å². The molecule has 2 aliphatic heterocycles. The Bertz CT molecular complexity index is 673. The summed E-state index contributed by atoms with van der Waals surface area (Å²) in [5.41, 5.74) is 1.01. The lowest BCUT2D eigenvalue weighted by atomic mass is 10.2. The third kappa shape index (κ3) is 4.55. The van der Waals surface area contributed by atoms with Crippen molar-refractivity contribution < 1.29 is 8.42 Å². The van der Waals surface area contributed by atoms with Crippen LogP contribution < -0.4 is 0 Å². The predicted molar refractivity (Wildman–Crippen MR) is 97.3 cm³/mol. The second-order valence-electron chi connectivity index (χ2n) is 7.20. The molecule has 0 radical (unpaired) electrons. The third-order valence-electron chi connectivity index (χ3n) is 4.90. The maximum atomic E-state index is 12.7. The van der Waals surface area contributed by atoms with Crippen LogP contribution in [0.2, 0.25) is 0 Å². The molecule has 0 saturated carbocycles. The molecule has 0 amide bonds. The summed E-state index contributed by atoms with van der Waals surface area (Å²) in [6.07, 6.45) is 4.63. The van der Waals surface area contributed by atoms with E-state index < -0.39 is 10.2 Å². The Morgan fingerprint density at radius 1 is 1.00 bits per heavy atom. The summed E-state index contributed by atoms with van der Waals surface area (Å²) < 4.78 is 28.8. The maximum Gasteiger partial charge on any atom is 0.282 e. The van der Waals surface area contributed by atoms with Crippen LogP contribution in [0.15, 0.2) is 12.3 Å². The van der Waals surface area contributed by atoms with E-state index in [9.17, 15) is 8.42 Å². The average Bonchev–Trinajstić information content (AvgIpc) is 3.03. The summed E-state index contributed by atoms with van der Waals surface area (Å²) in [7, 11) is -3.28. The molecule has 0 aliphatic carbocycles. The lowest BCUT2D eigenvalue weighted by Gasteiger charge is -2.26. The topological polar surface area (TPSA) is 69.6 Å². The van der Waals surface area contributed by atoms with Gasteiger partial charge in [0.1, 0.15) is 5.82 Å². The first-order valence-electron chi connectivity index (χ1n) is 9.26. The smallest absolute Gasteiger partial charge is 0.282 e. The van der Waals surface area contributed by atoms with Crippen LogP contribution in [-0.2, 0) is 16.8 Å². The van der Waals surface area contributed by atoms with Gasteiger partial charge in [-0.1, -0.05) is 13.8 Å². The minimum atomic E-state index is -3.28. The van der Waals surface area contributed by atoms with Gasteiger partial charge in [0.05, 0.1) is 5.69 Å². The van der Waals surface area contributed by atoms with Crippen molar-refractivity contribution in [1.82, 2.24) is 23.5 Å². The zero-order valence-corrected chi connectivity index (χ0v) is 16.1. The van der Waals surface area contributed by atoms with Gasteiger partial charge >= 0.3 is 0 Å². The highest BCUT2D eigenvalue weighted by atomic mass is 32.2. The van der Waals surface area contributed by atoms with E-state index in [0.29, 0.717) is 32.1 Å². The normalized spacial score (nSPS) is 21.7. The van der Waals surface area contributed by atoms with Crippen molar-refractivity contribution in [3.63, 3.8) is 0 Å². The molecular formula is C17H29N5O2S. The van der Waals surface area contributed by atoms with Crippen LogP contribution in [-0.4, -0.2) is 71.2 Å². The van der Waals surface area contributed by atoms with Gasteiger partial charge in [0.25, 0.3) is 10.2 Å². The second-order valence-corrected chi connectivity index (χ2v) is 9.13. The molecule has 1 aromatic heterocycles. The Morgan fingerprint density at radius 3 is 2.40 bits per heavy atom. The van der Waals surface area contributed by atoms with Crippen molar-refractivity contribution in [2.45, 2.75) is 45.6 Å². The molecule has 8 heteroatoms. The summed E-state index contributed by atoms with van der Waals surface area (Å²) in [5, 5.41) is 0. The van der Waals surface area contributed by atoms with Crippen molar-refractivity contribution in [2.75, 3.05) is 39.3 Å². The van der Waals surface area contributed by atoms with Gasteiger partial charge in [0, 0.05) is 51.4 Å². The Balaban J connectivity index is 1.61. The first-order valence-corrected chi connectivity index (χ1v) is 10.7. The zero-order valence-electron chi connectivity index (χ0n) is 15.3. The fraction of sp³-hybridized carbons (Fsp3) is 0.765. The van der Waals surface area contributed by atoms with E-state index in [1.54, 1.807) is 8.61 Å². The van der Waals surface area contributed by atoms with Crippen LogP contribution >= 0.6 is 0 Å². The van der Waals surface area contributed by atoms with Gasteiger partial charge in [-0.25, -0.2) is 9.97 Å². The minimum Gasteiger partial charge on any atom is -0.296 e. The van der Waals surface area contributed by atoms with Gasteiger partial charge in [0.2, 0.25) is 0 Å². The highest BCUT2D eigenvalue weighted by molar-refractivity contribution is 7.86. The minimum absolute atomic E-state index is 0.310. The van der Waals surface area contributed by atoms with Crippen LogP contribution in [0.4, 0.5) is 0 Å². The average molecular weight is 368 g/mol. The van der Waals surface area contributed by atoms with E-state index in [2.05, 4.69) is 28.7 Å². The molecule has 25 heavy (non-hydrogen) atoms. The lowest BCUT2D eigenvalue weighted by molar-refractivity contribution is 0.273. The monoisotopic (exact) mass is 367 g/mol. The van der Waals surface area contributed by atoms with E-state index in [4.69, 9.17) is 0 Å². The second kappa shape index (κ2) is 8.07. The Kier molecular flexibility index (Phi) is 6.04. The summed E-state index contributed by atoms with van der Waals surface area (Å²) in [4.78, 5) is 11.2. The molecular weight excluding hydrogens is 338 g/mol. The van der Waals surface area contributed by atoms with Crippen molar-refractivity contribution in [1.29, 1.82) is 0 Å². The maximum absolute atomic E-state index is 12.7. The van der Waals surface area contributed by atoms with E-state index in [0.717, 1.165) is 50.4 Å². The van der Waals surface area contributed by atoms with Gasteiger partial charge in [0.15, 0.2) is 0 Å². The fourth-order valence-corrected chi connectivity index (χ4v) is 5.14. The Morgan fingerprint density at radius 2 is 1.68 bits per heavy atom. The first kappa shape index (κ1) is 18.7. The van der Waals surface area contributed by atoms with E-state index in [1.165, 1.54) is 0 Å². The van der Waals surface area contributed by atoms with Crippen molar-refractivity contribution >= 4 is 10.2 Å². The summed E-state index contributed by atoms with van der Waals surface area (Å²) in [6.45, 7) is 9.07. The molecule has 0 spiro atoms. The first-order chi connectivity index (χ1) is 12.0. The third-order valence-corrected chi connectivity index (χ3v) is 6.93. The number of rotatable bonds is 5. The van der Waals surface area contributed by atoms with Crippen molar-refractivity contribution in [3.8, 4) is 0 Å². The van der Waals surface area contributed by atoms with Crippen molar-refractivity contribution in [3.05, 3.63) is 23.8 Å². The largest absolute Gasteiger partial charge is 0.296 e. The SMILES string of the molecule is CC(C)c1nccc(CN2CCCN(S(=O)(=O)N3CCCC3)CC2)n1. The Labute approximate surface area is 151 Å². The van der Waals surface area contributed by atoms with E-state index >= 15 is 0 Å². The van der Waals surface area contributed by atoms with Gasteiger partial charge in [-0.05, 0) is 31.9 Å². The molecule has 2 fully saturated rings. The number of nitrogens with zero attached hydrogens (tertiary/aromatic N) is 5. The Hall–Kier alpha value is -1.09. The van der Waals surface area contributed by atoms with Crippen LogP contribution in [0.3, 0.4) is 0 Å². The van der Waals surface area contributed by atoms with Gasteiger partial charge < -0.3 is 0 Å². The zero-order chi connectivity index (χ0) is 17.9. The fourth-order valence-electron chi connectivity index (χ4n) is 3.43. The number of hydrogen-bond acceptors (Lipinski definition) is 5. The van der Waals surface area contributed by atoms with Crippen molar-refractivity contribution in [2.24, 2.45) is 0 Å². The quantitative estimate of drug-likeness (QED) is 0.788.